The second-order valence-electron chi connectivity index (χ2n) is 3.69. The predicted molar refractivity (Wildman–Crippen MR) is 59.3 cm³/mol. The van der Waals surface area contributed by atoms with Crippen LogP contribution < -0.4 is 11.1 Å². The largest absolute Gasteiger partial charge is 0.446 e. The zero-order chi connectivity index (χ0) is 12.8. The van der Waals surface area contributed by atoms with Crippen LogP contribution in [0.4, 0.5) is 0 Å². The van der Waals surface area contributed by atoms with Crippen LogP contribution in [-0.4, -0.2) is 42.4 Å². The van der Waals surface area contributed by atoms with Gasteiger partial charge in [-0.15, -0.1) is 0 Å². The van der Waals surface area contributed by atoms with Gasteiger partial charge in [0.2, 0.25) is 5.89 Å². The van der Waals surface area contributed by atoms with Crippen LogP contribution in [0.5, 0.6) is 0 Å². The SMILES string of the molecule is COCC(C)NC(=O)c1coc(C(N)CO)n1. The molecule has 2 unspecified atom stereocenters. The number of aromatic nitrogens is 1. The van der Waals surface area contributed by atoms with Gasteiger partial charge >= 0.3 is 0 Å². The maximum Gasteiger partial charge on any atom is 0.273 e. The normalized spacial score (nSPS) is 14.4. The Kier molecular flexibility index (Phi) is 5.08. The molecule has 0 saturated heterocycles. The standard InChI is InChI=1S/C10H17N3O4/c1-6(4-16-2)12-9(15)8-5-17-10(13-8)7(11)3-14/h5-7,14H,3-4,11H2,1-2H3,(H,12,15). The number of nitrogens with one attached hydrogen (secondary N) is 1. The van der Waals surface area contributed by atoms with E-state index < -0.39 is 6.04 Å². The van der Waals surface area contributed by atoms with Gasteiger partial charge in [-0.25, -0.2) is 4.98 Å². The van der Waals surface area contributed by atoms with Gasteiger partial charge in [0.05, 0.1) is 13.2 Å². The Hall–Kier alpha value is -1.44. The number of ether oxygens (including phenoxy) is 1. The van der Waals surface area contributed by atoms with E-state index in [0.29, 0.717) is 6.61 Å². The zero-order valence-corrected chi connectivity index (χ0v) is 9.84. The van der Waals surface area contributed by atoms with Crippen LogP contribution >= 0.6 is 0 Å². The number of amides is 1. The summed E-state index contributed by atoms with van der Waals surface area (Å²) in [6, 6.07) is -0.841. The molecule has 0 aliphatic heterocycles. The smallest absolute Gasteiger partial charge is 0.273 e. The third kappa shape index (κ3) is 3.81. The van der Waals surface area contributed by atoms with E-state index in [0.717, 1.165) is 0 Å². The first-order valence-electron chi connectivity index (χ1n) is 5.20. The Morgan fingerprint density at radius 3 is 3.06 bits per heavy atom. The van der Waals surface area contributed by atoms with E-state index in [-0.39, 0.29) is 30.1 Å². The van der Waals surface area contributed by atoms with Gasteiger partial charge in [-0.2, -0.15) is 0 Å². The van der Waals surface area contributed by atoms with Crippen LogP contribution in [0.1, 0.15) is 29.3 Å². The minimum atomic E-state index is -0.715. The number of methoxy groups -OCH3 is 1. The van der Waals surface area contributed by atoms with Crippen LogP contribution in [0.25, 0.3) is 0 Å². The maximum absolute atomic E-state index is 11.7. The van der Waals surface area contributed by atoms with Crippen molar-refractivity contribution in [2.24, 2.45) is 5.73 Å². The molecule has 1 amide bonds. The summed E-state index contributed by atoms with van der Waals surface area (Å²) in [5.74, 6) is -0.230. The predicted octanol–water partition coefficient (Wildman–Crippen LogP) is -0.569. The van der Waals surface area contributed by atoms with Crippen molar-refractivity contribution in [2.75, 3.05) is 20.3 Å². The number of nitrogens with zero attached hydrogens (tertiary/aromatic N) is 1. The molecule has 0 fully saturated rings. The van der Waals surface area contributed by atoms with Crippen molar-refractivity contribution in [1.29, 1.82) is 0 Å². The second kappa shape index (κ2) is 6.33. The molecule has 1 aromatic rings. The van der Waals surface area contributed by atoms with Crippen LogP contribution in [0.2, 0.25) is 0 Å². The van der Waals surface area contributed by atoms with E-state index in [2.05, 4.69) is 10.3 Å². The van der Waals surface area contributed by atoms with Gasteiger partial charge in [0, 0.05) is 13.2 Å². The average Bonchev–Trinajstić information content (AvgIpc) is 2.77. The molecule has 1 rings (SSSR count). The lowest BCUT2D eigenvalue weighted by Gasteiger charge is -2.10. The average molecular weight is 243 g/mol. The van der Waals surface area contributed by atoms with E-state index >= 15 is 0 Å². The van der Waals surface area contributed by atoms with Crippen molar-refractivity contribution in [3.05, 3.63) is 17.8 Å². The summed E-state index contributed by atoms with van der Waals surface area (Å²) in [4.78, 5) is 15.6. The van der Waals surface area contributed by atoms with Gasteiger partial charge in [0.25, 0.3) is 5.91 Å². The Bertz CT molecular complexity index is 366. The van der Waals surface area contributed by atoms with Crippen molar-refractivity contribution in [3.63, 3.8) is 0 Å². The number of aliphatic hydroxyl groups is 1. The molecule has 0 bridgehead atoms. The number of hydrogen-bond acceptors (Lipinski definition) is 6. The summed E-state index contributed by atoms with van der Waals surface area (Å²) in [5.41, 5.74) is 5.63. The summed E-state index contributed by atoms with van der Waals surface area (Å²) in [5, 5.41) is 11.5. The molecular formula is C10H17N3O4. The first kappa shape index (κ1) is 13.6. The highest BCUT2D eigenvalue weighted by Gasteiger charge is 2.17. The summed E-state index contributed by atoms with van der Waals surface area (Å²) in [6.45, 7) is 1.93. The Morgan fingerprint density at radius 2 is 2.47 bits per heavy atom. The lowest BCUT2D eigenvalue weighted by Crippen LogP contribution is -2.35. The summed E-state index contributed by atoms with van der Waals surface area (Å²) >= 11 is 0. The molecule has 96 valence electrons. The fourth-order valence-corrected chi connectivity index (χ4v) is 1.23. The maximum atomic E-state index is 11.7. The number of carbonyl (C=O) groups excluding carboxylic acids is 1. The van der Waals surface area contributed by atoms with Crippen LogP contribution in [0.15, 0.2) is 10.7 Å². The van der Waals surface area contributed by atoms with Gasteiger partial charge in [0.15, 0.2) is 5.69 Å². The topological polar surface area (TPSA) is 111 Å². The quantitative estimate of drug-likeness (QED) is 0.617. The van der Waals surface area contributed by atoms with Gasteiger partial charge in [-0.05, 0) is 6.92 Å². The molecule has 0 aromatic carbocycles. The van der Waals surface area contributed by atoms with Gasteiger partial charge < -0.3 is 25.3 Å². The molecule has 1 aromatic heterocycles. The van der Waals surface area contributed by atoms with Gasteiger partial charge in [-0.1, -0.05) is 0 Å². The molecule has 17 heavy (non-hydrogen) atoms. The van der Waals surface area contributed by atoms with Crippen molar-refractivity contribution < 1.29 is 19.1 Å². The highest BCUT2D eigenvalue weighted by Crippen LogP contribution is 2.09. The van der Waals surface area contributed by atoms with Crippen molar-refractivity contribution in [3.8, 4) is 0 Å². The number of nitrogens with two attached hydrogens (primary N) is 1. The molecule has 0 aliphatic rings. The highest BCUT2D eigenvalue weighted by molar-refractivity contribution is 5.92. The van der Waals surface area contributed by atoms with E-state index in [1.54, 1.807) is 7.11 Å². The van der Waals surface area contributed by atoms with Crippen molar-refractivity contribution >= 4 is 5.91 Å². The van der Waals surface area contributed by atoms with Gasteiger partial charge in [0.1, 0.15) is 12.3 Å². The van der Waals surface area contributed by atoms with Crippen molar-refractivity contribution in [1.82, 2.24) is 10.3 Å². The summed E-state index contributed by atoms with van der Waals surface area (Å²) < 4.78 is 9.88. The number of hydrogen-bond donors (Lipinski definition) is 3. The fraction of sp³-hybridized carbons (Fsp3) is 0.600. The minimum Gasteiger partial charge on any atom is -0.446 e. The summed E-state index contributed by atoms with van der Waals surface area (Å²) in [6.07, 6.45) is 1.21. The Morgan fingerprint density at radius 1 is 1.76 bits per heavy atom. The fourth-order valence-electron chi connectivity index (χ4n) is 1.23. The number of carbonyl (C=O) groups is 1. The van der Waals surface area contributed by atoms with E-state index in [1.165, 1.54) is 6.26 Å². The molecule has 2 atom stereocenters. The number of rotatable bonds is 6. The Balaban J connectivity index is 2.60. The number of aliphatic hydroxyl groups excluding tert-OH is 1. The second-order valence-corrected chi connectivity index (χ2v) is 3.69. The molecule has 0 aliphatic carbocycles. The molecule has 7 heteroatoms. The third-order valence-corrected chi connectivity index (χ3v) is 2.06. The van der Waals surface area contributed by atoms with E-state index in [1.807, 2.05) is 6.92 Å². The Labute approximate surface area is 99.0 Å². The highest BCUT2D eigenvalue weighted by atomic mass is 16.5. The molecule has 7 nitrogen and oxygen atoms in total. The van der Waals surface area contributed by atoms with Crippen LogP contribution in [-0.2, 0) is 4.74 Å². The monoisotopic (exact) mass is 243 g/mol. The van der Waals surface area contributed by atoms with E-state index in [4.69, 9.17) is 20.0 Å². The minimum absolute atomic E-state index is 0.126. The molecule has 0 radical (unpaired) electrons. The molecule has 4 N–H and O–H groups in total. The van der Waals surface area contributed by atoms with Gasteiger partial charge in [-0.3, -0.25) is 4.79 Å². The van der Waals surface area contributed by atoms with Crippen molar-refractivity contribution in [2.45, 2.75) is 19.0 Å². The lowest BCUT2D eigenvalue weighted by atomic mass is 10.3. The first-order chi connectivity index (χ1) is 8.08. The van der Waals surface area contributed by atoms with Crippen LogP contribution in [0.3, 0.4) is 0 Å². The van der Waals surface area contributed by atoms with E-state index in [9.17, 15) is 4.79 Å². The van der Waals surface area contributed by atoms with Crippen LogP contribution in [0, 0.1) is 0 Å². The molecule has 0 spiro atoms. The lowest BCUT2D eigenvalue weighted by molar-refractivity contribution is 0.0900. The summed E-state index contributed by atoms with van der Waals surface area (Å²) in [7, 11) is 1.55. The molecular weight excluding hydrogens is 226 g/mol. The molecule has 1 heterocycles. The first-order valence-corrected chi connectivity index (χ1v) is 5.20. The third-order valence-electron chi connectivity index (χ3n) is 2.06. The zero-order valence-electron chi connectivity index (χ0n) is 9.84. The molecule has 0 saturated carbocycles. The number of oxazole rings is 1.